The van der Waals surface area contributed by atoms with E-state index in [-0.39, 0.29) is 25.0 Å². The Balaban J connectivity index is 1.43. The number of ether oxygens (including phenoxy) is 1. The van der Waals surface area contributed by atoms with E-state index < -0.39 is 5.82 Å². The molecule has 0 bridgehead atoms. The second-order valence-electron chi connectivity index (χ2n) is 7.73. The minimum absolute atomic E-state index is 0.00476. The smallest absolute Gasteiger partial charge is 0.260 e. The van der Waals surface area contributed by atoms with Crippen LogP contribution in [0.1, 0.15) is 16.7 Å². The van der Waals surface area contributed by atoms with Crippen molar-refractivity contribution in [2.24, 2.45) is 0 Å². The van der Waals surface area contributed by atoms with Gasteiger partial charge in [-0.05, 0) is 50.1 Å². The van der Waals surface area contributed by atoms with Crippen molar-refractivity contribution < 1.29 is 18.7 Å². The van der Waals surface area contributed by atoms with Crippen LogP contribution in [0.15, 0.2) is 36.4 Å². The molecule has 1 saturated heterocycles. The van der Waals surface area contributed by atoms with Gasteiger partial charge in [0.05, 0.1) is 6.54 Å². The minimum Gasteiger partial charge on any atom is -0.483 e. The van der Waals surface area contributed by atoms with Gasteiger partial charge in [0.25, 0.3) is 5.91 Å². The zero-order valence-corrected chi connectivity index (χ0v) is 17.7. The predicted octanol–water partition coefficient (Wildman–Crippen LogP) is 2.91. The Morgan fingerprint density at radius 3 is 2.33 bits per heavy atom. The van der Waals surface area contributed by atoms with Gasteiger partial charge in [-0.25, -0.2) is 4.39 Å². The Bertz CT molecular complexity index is 901. The van der Waals surface area contributed by atoms with E-state index in [1.807, 2.05) is 37.8 Å². The fourth-order valence-electron chi connectivity index (χ4n) is 3.74. The summed E-state index contributed by atoms with van der Waals surface area (Å²) in [4.78, 5) is 28.5. The highest BCUT2D eigenvalue weighted by molar-refractivity contribution is 5.92. The average molecular weight is 413 g/mol. The number of carbonyl (C=O) groups is 2. The molecule has 2 aromatic rings. The number of nitrogens with one attached hydrogen (secondary N) is 1. The van der Waals surface area contributed by atoms with Gasteiger partial charge < -0.3 is 15.0 Å². The van der Waals surface area contributed by atoms with E-state index >= 15 is 0 Å². The molecule has 1 fully saturated rings. The number of amides is 2. The molecule has 1 aliphatic rings. The third kappa shape index (κ3) is 5.79. The normalized spacial score (nSPS) is 14.5. The third-order valence-electron chi connectivity index (χ3n) is 5.15. The van der Waals surface area contributed by atoms with E-state index in [0.29, 0.717) is 31.9 Å². The number of benzene rings is 2. The summed E-state index contributed by atoms with van der Waals surface area (Å²) < 4.78 is 19.0. The molecule has 30 heavy (non-hydrogen) atoms. The Morgan fingerprint density at radius 1 is 1.03 bits per heavy atom. The molecule has 1 N–H and O–H groups in total. The Kier molecular flexibility index (Phi) is 7.05. The van der Waals surface area contributed by atoms with Crippen molar-refractivity contribution in [1.29, 1.82) is 0 Å². The number of anilines is 1. The first-order valence-electron chi connectivity index (χ1n) is 10.1. The second kappa shape index (κ2) is 9.71. The van der Waals surface area contributed by atoms with Crippen molar-refractivity contribution in [3.63, 3.8) is 0 Å². The van der Waals surface area contributed by atoms with Crippen LogP contribution in [0.5, 0.6) is 5.75 Å². The van der Waals surface area contributed by atoms with Gasteiger partial charge in [0.15, 0.2) is 6.61 Å². The zero-order valence-electron chi connectivity index (χ0n) is 17.7. The topological polar surface area (TPSA) is 61.9 Å². The van der Waals surface area contributed by atoms with Crippen LogP contribution in [0, 0.1) is 26.6 Å². The third-order valence-corrected chi connectivity index (χ3v) is 5.15. The molecule has 0 spiro atoms. The molecule has 160 valence electrons. The molecule has 0 saturated carbocycles. The lowest BCUT2D eigenvalue weighted by Gasteiger charge is -2.34. The SMILES string of the molecule is Cc1cc(C)c(OCC(=O)N2CCN(CC(=O)Nc3cccc(F)c3)CC2)c(C)c1. The lowest BCUT2D eigenvalue weighted by Crippen LogP contribution is -2.51. The van der Waals surface area contributed by atoms with Crippen LogP contribution < -0.4 is 10.1 Å². The molecule has 0 unspecified atom stereocenters. The molecule has 1 heterocycles. The van der Waals surface area contributed by atoms with Crippen molar-refractivity contribution in [3.05, 3.63) is 58.9 Å². The maximum atomic E-state index is 13.2. The van der Waals surface area contributed by atoms with Gasteiger partial charge in [-0.1, -0.05) is 23.8 Å². The molecule has 2 aromatic carbocycles. The van der Waals surface area contributed by atoms with Crippen LogP contribution in [0.25, 0.3) is 0 Å². The highest BCUT2D eigenvalue weighted by Gasteiger charge is 2.23. The first kappa shape index (κ1) is 21.8. The van der Waals surface area contributed by atoms with Gasteiger partial charge in [-0.3, -0.25) is 14.5 Å². The van der Waals surface area contributed by atoms with E-state index in [0.717, 1.165) is 16.9 Å². The summed E-state index contributed by atoms with van der Waals surface area (Å²) in [5, 5.41) is 2.70. The van der Waals surface area contributed by atoms with Gasteiger partial charge in [-0.15, -0.1) is 0 Å². The summed E-state index contributed by atoms with van der Waals surface area (Å²) in [5.41, 5.74) is 3.65. The number of carbonyl (C=O) groups excluding carboxylic acids is 2. The lowest BCUT2D eigenvalue weighted by atomic mass is 10.1. The molecular formula is C23H28FN3O3. The number of nitrogens with zero attached hydrogens (tertiary/aromatic N) is 2. The number of rotatable bonds is 6. The molecule has 0 aliphatic carbocycles. The number of aryl methyl sites for hydroxylation is 3. The summed E-state index contributed by atoms with van der Waals surface area (Å²) in [5.74, 6) is 0.118. The number of piperazine rings is 1. The van der Waals surface area contributed by atoms with E-state index in [9.17, 15) is 14.0 Å². The van der Waals surface area contributed by atoms with Crippen molar-refractivity contribution in [1.82, 2.24) is 9.80 Å². The van der Waals surface area contributed by atoms with E-state index in [1.54, 1.807) is 17.0 Å². The van der Waals surface area contributed by atoms with Crippen LogP contribution in [0.3, 0.4) is 0 Å². The molecule has 0 aromatic heterocycles. The van der Waals surface area contributed by atoms with Crippen LogP contribution in [0.2, 0.25) is 0 Å². The average Bonchev–Trinajstić information content (AvgIpc) is 2.67. The van der Waals surface area contributed by atoms with E-state index in [4.69, 9.17) is 4.74 Å². The molecule has 1 aliphatic heterocycles. The molecule has 0 radical (unpaired) electrons. The zero-order chi connectivity index (χ0) is 21.7. The maximum Gasteiger partial charge on any atom is 0.260 e. The minimum atomic E-state index is -0.391. The van der Waals surface area contributed by atoms with Crippen LogP contribution in [-0.2, 0) is 9.59 Å². The fraction of sp³-hybridized carbons (Fsp3) is 0.391. The Hall–Kier alpha value is -2.93. The van der Waals surface area contributed by atoms with Crippen LogP contribution in [-0.4, -0.2) is 60.9 Å². The molecule has 3 rings (SSSR count). The van der Waals surface area contributed by atoms with E-state index in [2.05, 4.69) is 5.32 Å². The summed E-state index contributed by atoms with van der Waals surface area (Å²) in [7, 11) is 0. The van der Waals surface area contributed by atoms with Gasteiger partial charge in [-0.2, -0.15) is 0 Å². The molecule has 2 amide bonds. The molecule has 7 heteroatoms. The Morgan fingerprint density at radius 2 is 1.70 bits per heavy atom. The summed E-state index contributed by atoms with van der Waals surface area (Å²) in [6, 6.07) is 9.90. The van der Waals surface area contributed by atoms with E-state index in [1.165, 1.54) is 17.7 Å². The van der Waals surface area contributed by atoms with Gasteiger partial charge >= 0.3 is 0 Å². The second-order valence-corrected chi connectivity index (χ2v) is 7.73. The Labute approximate surface area is 176 Å². The van der Waals surface area contributed by atoms with Crippen molar-refractivity contribution in [3.8, 4) is 5.75 Å². The summed E-state index contributed by atoms with van der Waals surface area (Å²) in [6.45, 7) is 8.49. The van der Waals surface area contributed by atoms with Gasteiger partial charge in [0, 0.05) is 31.9 Å². The maximum absolute atomic E-state index is 13.2. The van der Waals surface area contributed by atoms with Gasteiger partial charge in [0.2, 0.25) is 5.91 Å². The molecular weight excluding hydrogens is 385 g/mol. The highest BCUT2D eigenvalue weighted by atomic mass is 19.1. The molecule has 6 nitrogen and oxygen atoms in total. The highest BCUT2D eigenvalue weighted by Crippen LogP contribution is 2.24. The lowest BCUT2D eigenvalue weighted by molar-refractivity contribution is -0.135. The standard InChI is InChI=1S/C23H28FN3O3/c1-16-11-17(2)23(18(3)12-16)30-15-22(29)27-9-7-26(8-10-27)14-21(28)25-20-6-4-5-19(24)13-20/h4-6,11-13H,7-10,14-15H2,1-3H3,(H,25,28). The quantitative estimate of drug-likeness (QED) is 0.791. The number of halogens is 1. The summed E-state index contributed by atoms with van der Waals surface area (Å²) in [6.07, 6.45) is 0. The fourth-order valence-corrected chi connectivity index (χ4v) is 3.74. The monoisotopic (exact) mass is 413 g/mol. The van der Waals surface area contributed by atoms with Crippen LogP contribution >= 0.6 is 0 Å². The van der Waals surface area contributed by atoms with Crippen LogP contribution in [0.4, 0.5) is 10.1 Å². The largest absolute Gasteiger partial charge is 0.483 e. The van der Waals surface area contributed by atoms with Crippen molar-refractivity contribution >= 4 is 17.5 Å². The predicted molar refractivity (Wildman–Crippen MR) is 114 cm³/mol. The van der Waals surface area contributed by atoms with Crippen molar-refractivity contribution in [2.45, 2.75) is 20.8 Å². The first-order chi connectivity index (χ1) is 14.3. The first-order valence-corrected chi connectivity index (χ1v) is 10.1. The van der Waals surface area contributed by atoms with Gasteiger partial charge in [0.1, 0.15) is 11.6 Å². The number of hydrogen-bond donors (Lipinski definition) is 1. The van der Waals surface area contributed by atoms with Crippen molar-refractivity contribution in [2.75, 3.05) is 44.6 Å². The summed E-state index contributed by atoms with van der Waals surface area (Å²) >= 11 is 0. The molecule has 0 atom stereocenters. The number of hydrogen-bond acceptors (Lipinski definition) is 4.